The second-order valence-corrected chi connectivity index (χ2v) is 5.62. The van der Waals surface area contributed by atoms with Crippen LogP contribution in [0.1, 0.15) is 38.2 Å². The average molecular weight is 306 g/mol. The van der Waals surface area contributed by atoms with E-state index in [0.717, 1.165) is 18.4 Å². The quantitative estimate of drug-likeness (QED) is 0.427. The van der Waals surface area contributed by atoms with Gasteiger partial charge in [-0.15, -0.1) is 0 Å². The van der Waals surface area contributed by atoms with Crippen molar-refractivity contribution in [3.05, 3.63) is 41.5 Å². The highest BCUT2D eigenvalue weighted by Crippen LogP contribution is 2.39. The number of ether oxygens (including phenoxy) is 1. The van der Waals surface area contributed by atoms with Crippen molar-refractivity contribution < 1.29 is 24.9 Å². The average Bonchev–Trinajstić information content (AvgIpc) is 2.44. The Morgan fingerprint density at radius 2 is 2.14 bits per heavy atom. The molecular formula is C17H22O5. The first-order valence-electron chi connectivity index (χ1n) is 7.56. The molecule has 0 saturated carbocycles. The minimum Gasteiger partial charge on any atom is -0.481 e. The van der Waals surface area contributed by atoms with Gasteiger partial charge < -0.3 is 20.1 Å². The zero-order valence-electron chi connectivity index (χ0n) is 12.7. The van der Waals surface area contributed by atoms with Crippen molar-refractivity contribution in [1.82, 2.24) is 0 Å². The number of unbranched alkanes of at least 4 members (excludes halogenated alkanes) is 2. The molecule has 1 heterocycles. The molecule has 1 atom stereocenters. The van der Waals surface area contributed by atoms with E-state index in [1.807, 2.05) is 19.1 Å². The third-order valence-electron chi connectivity index (χ3n) is 3.88. The molecule has 5 nitrogen and oxygen atoms in total. The van der Waals surface area contributed by atoms with Gasteiger partial charge in [0.25, 0.3) is 0 Å². The van der Waals surface area contributed by atoms with Gasteiger partial charge in [0.1, 0.15) is 5.75 Å². The minimum atomic E-state index is -2.39. The van der Waals surface area contributed by atoms with Crippen molar-refractivity contribution in [1.29, 1.82) is 0 Å². The van der Waals surface area contributed by atoms with Gasteiger partial charge in [0.05, 0.1) is 12.3 Å². The van der Waals surface area contributed by atoms with E-state index in [1.54, 1.807) is 18.2 Å². The number of aliphatic carboxylic acids is 1. The van der Waals surface area contributed by atoms with Crippen LogP contribution < -0.4 is 4.74 Å². The Kier molecular flexibility index (Phi) is 5.21. The highest BCUT2D eigenvalue weighted by molar-refractivity contribution is 5.70. The van der Waals surface area contributed by atoms with Crippen LogP contribution >= 0.6 is 0 Å². The first kappa shape index (κ1) is 16.5. The van der Waals surface area contributed by atoms with E-state index in [4.69, 9.17) is 9.84 Å². The fourth-order valence-electron chi connectivity index (χ4n) is 2.73. The lowest BCUT2D eigenvalue weighted by atomic mass is 9.84. The highest BCUT2D eigenvalue weighted by Gasteiger charge is 2.44. The molecule has 1 aliphatic rings. The van der Waals surface area contributed by atoms with E-state index in [-0.39, 0.29) is 6.42 Å². The van der Waals surface area contributed by atoms with Gasteiger partial charge in [-0.3, -0.25) is 4.79 Å². The van der Waals surface area contributed by atoms with Gasteiger partial charge in [-0.1, -0.05) is 49.6 Å². The summed E-state index contributed by atoms with van der Waals surface area (Å²) in [6.45, 7) is 2.05. The van der Waals surface area contributed by atoms with Crippen molar-refractivity contribution in [3.8, 4) is 5.75 Å². The number of aliphatic hydroxyl groups is 2. The zero-order valence-corrected chi connectivity index (χ0v) is 12.7. The number of carboxylic acid groups (broad SMARTS) is 1. The monoisotopic (exact) mass is 306 g/mol. The molecule has 0 amide bonds. The number of hydrogen-bond acceptors (Lipinski definition) is 4. The molecule has 0 spiro atoms. The summed E-state index contributed by atoms with van der Waals surface area (Å²) >= 11 is 0. The number of benzene rings is 1. The Hall–Kier alpha value is -1.85. The van der Waals surface area contributed by atoms with Crippen LogP contribution in [0.15, 0.2) is 35.9 Å². The maximum Gasteiger partial charge on any atom is 0.329 e. The summed E-state index contributed by atoms with van der Waals surface area (Å²) in [6.07, 6.45) is 4.56. The SMILES string of the molecule is CCCCC=C(CC(=O)O)C1Cc2ccccc2OC1(O)O. The molecule has 0 saturated heterocycles. The van der Waals surface area contributed by atoms with Crippen LogP contribution in [-0.4, -0.2) is 27.3 Å². The molecule has 0 aliphatic carbocycles. The smallest absolute Gasteiger partial charge is 0.329 e. The maximum atomic E-state index is 11.1. The standard InChI is InChI=1S/C17H22O5/c1-2-3-4-7-12(11-16(18)19)14-10-13-8-5-6-9-15(13)22-17(14,20)21/h5-9,14,20-21H,2-4,10-11H2,1H3,(H,18,19). The summed E-state index contributed by atoms with van der Waals surface area (Å²) in [5.74, 6) is -3.73. The fraction of sp³-hybridized carbons (Fsp3) is 0.471. The lowest BCUT2D eigenvalue weighted by Gasteiger charge is -2.37. The second-order valence-electron chi connectivity index (χ2n) is 5.62. The van der Waals surface area contributed by atoms with Crippen molar-refractivity contribution >= 4 is 5.97 Å². The molecule has 3 N–H and O–H groups in total. The van der Waals surface area contributed by atoms with E-state index in [9.17, 15) is 15.0 Å². The molecule has 1 aromatic carbocycles. The molecule has 0 bridgehead atoms. The number of para-hydroxylation sites is 1. The van der Waals surface area contributed by atoms with E-state index in [1.165, 1.54) is 0 Å². The number of fused-ring (bicyclic) bond motifs is 1. The summed E-state index contributed by atoms with van der Waals surface area (Å²) in [5.41, 5.74) is 1.35. The number of rotatable bonds is 6. The largest absolute Gasteiger partial charge is 0.481 e. The van der Waals surface area contributed by atoms with Crippen LogP contribution in [0.4, 0.5) is 0 Å². The highest BCUT2D eigenvalue weighted by atomic mass is 16.8. The zero-order chi connectivity index (χ0) is 16.2. The molecule has 22 heavy (non-hydrogen) atoms. The number of carbonyl (C=O) groups is 1. The lowest BCUT2D eigenvalue weighted by Crippen LogP contribution is -2.48. The molecule has 1 aliphatic heterocycles. The van der Waals surface area contributed by atoms with E-state index in [2.05, 4.69) is 0 Å². The van der Waals surface area contributed by atoms with Crippen LogP contribution in [0, 0.1) is 5.92 Å². The maximum absolute atomic E-state index is 11.1. The lowest BCUT2D eigenvalue weighted by molar-refractivity contribution is -0.322. The van der Waals surface area contributed by atoms with Crippen molar-refractivity contribution in [3.63, 3.8) is 0 Å². The topological polar surface area (TPSA) is 87.0 Å². The molecule has 0 aromatic heterocycles. The third-order valence-corrected chi connectivity index (χ3v) is 3.88. The molecule has 1 aromatic rings. The van der Waals surface area contributed by atoms with Crippen LogP contribution in [0.3, 0.4) is 0 Å². The van der Waals surface area contributed by atoms with Gasteiger partial charge in [-0.05, 0) is 24.5 Å². The minimum absolute atomic E-state index is 0.219. The summed E-state index contributed by atoms with van der Waals surface area (Å²) in [4.78, 5) is 11.1. The first-order valence-corrected chi connectivity index (χ1v) is 7.56. The summed E-state index contributed by atoms with van der Waals surface area (Å²) in [7, 11) is 0. The Bertz CT molecular complexity index is 562. The molecule has 0 fully saturated rings. The third kappa shape index (κ3) is 3.87. The molecule has 5 heteroatoms. The molecule has 120 valence electrons. The van der Waals surface area contributed by atoms with Gasteiger partial charge in [0.15, 0.2) is 0 Å². The van der Waals surface area contributed by atoms with Crippen molar-refractivity contribution in [2.45, 2.75) is 45.0 Å². The Balaban J connectivity index is 2.29. The van der Waals surface area contributed by atoms with E-state index in [0.29, 0.717) is 24.2 Å². The van der Waals surface area contributed by atoms with Gasteiger partial charge >= 0.3 is 11.9 Å². The predicted molar refractivity (Wildman–Crippen MR) is 81.3 cm³/mol. The normalized spacial score (nSPS) is 20.1. The molecule has 1 unspecified atom stereocenters. The van der Waals surface area contributed by atoms with Gasteiger partial charge in [-0.2, -0.15) is 0 Å². The Morgan fingerprint density at radius 1 is 1.41 bits per heavy atom. The summed E-state index contributed by atoms with van der Waals surface area (Å²) in [6, 6.07) is 7.12. The first-order chi connectivity index (χ1) is 10.4. The van der Waals surface area contributed by atoms with Gasteiger partial charge in [-0.25, -0.2) is 0 Å². The predicted octanol–water partition coefficient (Wildman–Crippen LogP) is 2.47. The Labute approximate surface area is 129 Å². The second kappa shape index (κ2) is 6.94. The van der Waals surface area contributed by atoms with Crippen LogP contribution in [0.2, 0.25) is 0 Å². The summed E-state index contributed by atoms with van der Waals surface area (Å²) in [5, 5.41) is 29.5. The van der Waals surface area contributed by atoms with Crippen LogP contribution in [0.5, 0.6) is 5.75 Å². The van der Waals surface area contributed by atoms with Crippen molar-refractivity contribution in [2.75, 3.05) is 0 Å². The number of allylic oxidation sites excluding steroid dienone is 1. The van der Waals surface area contributed by atoms with Gasteiger partial charge in [0.2, 0.25) is 0 Å². The van der Waals surface area contributed by atoms with E-state index < -0.39 is 17.9 Å². The van der Waals surface area contributed by atoms with Crippen LogP contribution in [-0.2, 0) is 11.2 Å². The fourth-order valence-corrected chi connectivity index (χ4v) is 2.73. The van der Waals surface area contributed by atoms with Crippen LogP contribution in [0.25, 0.3) is 0 Å². The number of hydrogen-bond donors (Lipinski definition) is 3. The molecular weight excluding hydrogens is 284 g/mol. The van der Waals surface area contributed by atoms with E-state index >= 15 is 0 Å². The number of carboxylic acids is 1. The Morgan fingerprint density at radius 3 is 2.82 bits per heavy atom. The summed E-state index contributed by atoms with van der Waals surface area (Å²) < 4.78 is 5.28. The van der Waals surface area contributed by atoms with Crippen molar-refractivity contribution in [2.24, 2.45) is 5.92 Å². The molecule has 0 radical (unpaired) electrons. The van der Waals surface area contributed by atoms with Gasteiger partial charge in [0, 0.05) is 0 Å². The molecule has 2 rings (SSSR count).